The lowest BCUT2D eigenvalue weighted by Crippen LogP contribution is -2.77. The van der Waals surface area contributed by atoms with Gasteiger partial charge in [0.1, 0.15) is 17.3 Å². The molecule has 3 fully saturated rings. The fourth-order valence-corrected chi connectivity index (χ4v) is 5.43. The highest BCUT2D eigenvalue weighted by Gasteiger charge is 2.72. The molecule has 8 nitrogen and oxygen atoms in total. The summed E-state index contributed by atoms with van der Waals surface area (Å²) in [5, 5.41) is 7.05. The van der Waals surface area contributed by atoms with E-state index in [2.05, 4.69) is 15.5 Å². The van der Waals surface area contributed by atoms with Crippen LogP contribution in [0.15, 0.2) is 40.9 Å². The Morgan fingerprint density at radius 3 is 2.83 bits per heavy atom. The van der Waals surface area contributed by atoms with Crippen LogP contribution >= 0.6 is 11.6 Å². The van der Waals surface area contributed by atoms with Crippen molar-refractivity contribution in [1.29, 1.82) is 0 Å². The van der Waals surface area contributed by atoms with Gasteiger partial charge < -0.3 is 19.3 Å². The molecule has 1 aliphatic heterocycles. The number of amides is 1. The number of nitrogens with one attached hydrogen (secondary N) is 1. The summed E-state index contributed by atoms with van der Waals surface area (Å²) in [7, 11) is 0. The Balaban J connectivity index is 1.04. The van der Waals surface area contributed by atoms with E-state index in [1.807, 2.05) is 13.0 Å². The molecule has 0 saturated heterocycles. The van der Waals surface area contributed by atoms with Crippen LogP contribution in [0.2, 0.25) is 5.02 Å². The smallest absolute Gasteiger partial charge is 0.261 e. The highest BCUT2D eigenvalue weighted by molar-refractivity contribution is 6.30. The molecule has 2 aromatic carbocycles. The molecule has 2 heterocycles. The maximum absolute atomic E-state index is 13.6. The Morgan fingerprint density at radius 2 is 2.06 bits per heavy atom. The number of rotatable bonds is 6. The number of fused-ring (bicyclic) bond motifs is 1. The standard InChI is InChI=1S/C25H21ClFN3O5/c1-13-2-5-19-15(6-13)18(31)8-20(34-19)22(32)29-25-10-24(11-25,12-25)23-28-21(30-35-23)9-33-14-3-4-16(26)17(27)7-14/h2-7,20H,8-12H2,1H3,(H,29,32)/t20-,24?,25?/m1/s1. The van der Waals surface area contributed by atoms with Gasteiger partial charge >= 0.3 is 0 Å². The van der Waals surface area contributed by atoms with Gasteiger partial charge in [-0.05, 0) is 50.5 Å². The van der Waals surface area contributed by atoms with Crippen molar-refractivity contribution in [3.05, 3.63) is 70.1 Å². The molecule has 0 unspecified atom stereocenters. The van der Waals surface area contributed by atoms with E-state index in [9.17, 15) is 14.0 Å². The van der Waals surface area contributed by atoms with E-state index < -0.39 is 11.9 Å². The van der Waals surface area contributed by atoms with Gasteiger partial charge in [-0.2, -0.15) is 4.98 Å². The molecule has 35 heavy (non-hydrogen) atoms. The lowest BCUT2D eigenvalue weighted by molar-refractivity contribution is -0.148. The van der Waals surface area contributed by atoms with Crippen molar-refractivity contribution < 1.29 is 28.0 Å². The summed E-state index contributed by atoms with van der Waals surface area (Å²) >= 11 is 5.68. The third-order valence-corrected chi connectivity index (χ3v) is 7.27. The Morgan fingerprint density at radius 1 is 1.26 bits per heavy atom. The molecule has 4 aliphatic rings. The van der Waals surface area contributed by atoms with Crippen LogP contribution < -0.4 is 14.8 Å². The molecule has 1 N–H and O–H groups in total. The maximum Gasteiger partial charge on any atom is 0.261 e. The zero-order valence-electron chi connectivity index (χ0n) is 18.8. The van der Waals surface area contributed by atoms with Crippen molar-refractivity contribution in [3.63, 3.8) is 0 Å². The minimum absolute atomic E-state index is 0.0189. The van der Waals surface area contributed by atoms with Gasteiger partial charge in [0.2, 0.25) is 11.7 Å². The molecule has 0 spiro atoms. The van der Waals surface area contributed by atoms with E-state index in [4.69, 9.17) is 25.6 Å². The number of hydrogen-bond acceptors (Lipinski definition) is 7. The van der Waals surface area contributed by atoms with E-state index in [-0.39, 0.29) is 40.7 Å². The molecule has 2 bridgehead atoms. The molecule has 3 saturated carbocycles. The second kappa shape index (κ2) is 7.78. The molecular formula is C25H21ClFN3O5. The van der Waals surface area contributed by atoms with Crippen molar-refractivity contribution in [2.24, 2.45) is 0 Å². The normalized spacial score (nSPS) is 26.1. The first-order valence-electron chi connectivity index (χ1n) is 11.3. The monoisotopic (exact) mass is 497 g/mol. The van der Waals surface area contributed by atoms with Gasteiger partial charge in [-0.1, -0.05) is 28.4 Å². The quantitative estimate of drug-likeness (QED) is 0.547. The number of nitrogens with zero attached hydrogens (tertiary/aromatic N) is 2. The van der Waals surface area contributed by atoms with E-state index in [1.54, 1.807) is 18.2 Å². The molecule has 1 aromatic heterocycles. The Hall–Kier alpha value is -3.46. The number of benzene rings is 2. The number of ketones is 1. The second-order valence-corrected chi connectivity index (χ2v) is 10.1. The molecule has 1 amide bonds. The maximum atomic E-state index is 13.6. The number of Topliss-reactive ketones (excluding diaryl/α,β-unsaturated/α-hetero) is 1. The minimum Gasteiger partial charge on any atom is -0.485 e. The lowest BCUT2D eigenvalue weighted by Gasteiger charge is -2.68. The first-order valence-corrected chi connectivity index (χ1v) is 11.7. The summed E-state index contributed by atoms with van der Waals surface area (Å²) in [5.41, 5.74) is 0.884. The molecule has 1 atom stereocenters. The highest BCUT2D eigenvalue weighted by Crippen LogP contribution is 2.67. The summed E-state index contributed by atoms with van der Waals surface area (Å²) in [6, 6.07) is 9.54. The predicted octanol–water partition coefficient (Wildman–Crippen LogP) is 4.07. The molecule has 3 aliphatic carbocycles. The number of halogens is 2. The number of aromatic nitrogens is 2. The minimum atomic E-state index is -0.840. The molecule has 3 aromatic rings. The number of ether oxygens (including phenoxy) is 2. The Kier molecular flexibility index (Phi) is 4.90. The van der Waals surface area contributed by atoms with Crippen LogP contribution in [0.5, 0.6) is 11.5 Å². The van der Waals surface area contributed by atoms with Crippen molar-refractivity contribution in [1.82, 2.24) is 15.5 Å². The zero-order chi connectivity index (χ0) is 24.4. The molecule has 0 radical (unpaired) electrons. The van der Waals surface area contributed by atoms with Crippen molar-refractivity contribution in [2.45, 2.75) is 56.3 Å². The van der Waals surface area contributed by atoms with Crippen LogP contribution in [0.1, 0.15) is 53.3 Å². The fourth-order valence-electron chi connectivity index (χ4n) is 5.32. The molecule has 10 heteroatoms. The van der Waals surface area contributed by atoms with Crippen LogP contribution in [-0.4, -0.2) is 33.5 Å². The topological polar surface area (TPSA) is 104 Å². The first-order chi connectivity index (χ1) is 16.7. The van der Waals surface area contributed by atoms with Crippen LogP contribution in [0.25, 0.3) is 0 Å². The summed E-state index contributed by atoms with van der Waals surface area (Å²) in [5.74, 6) is 0.666. The number of carbonyl (C=O) groups is 2. The third kappa shape index (κ3) is 3.74. The molecule has 180 valence electrons. The van der Waals surface area contributed by atoms with E-state index in [0.29, 0.717) is 48.0 Å². The summed E-state index contributed by atoms with van der Waals surface area (Å²) in [4.78, 5) is 29.8. The van der Waals surface area contributed by atoms with Crippen molar-refractivity contribution in [2.75, 3.05) is 0 Å². The Labute approximate surface area is 204 Å². The van der Waals surface area contributed by atoms with Gasteiger partial charge in [-0.3, -0.25) is 9.59 Å². The number of carbonyl (C=O) groups excluding carboxylic acids is 2. The molecule has 7 rings (SSSR count). The van der Waals surface area contributed by atoms with Crippen LogP contribution in [0.3, 0.4) is 0 Å². The SMILES string of the molecule is Cc1ccc2c(c1)C(=O)C[C@H](C(=O)NC13CC(c4nc(COc5ccc(Cl)c(F)c5)no4)(C1)C3)O2. The Bertz CT molecular complexity index is 1350. The largest absolute Gasteiger partial charge is 0.485 e. The van der Waals surface area contributed by atoms with Crippen LogP contribution in [-0.2, 0) is 16.8 Å². The van der Waals surface area contributed by atoms with Gasteiger partial charge in [0.25, 0.3) is 5.91 Å². The zero-order valence-corrected chi connectivity index (χ0v) is 19.5. The van der Waals surface area contributed by atoms with E-state index in [1.165, 1.54) is 12.1 Å². The van der Waals surface area contributed by atoms with E-state index in [0.717, 1.165) is 5.56 Å². The number of aryl methyl sites for hydroxylation is 1. The first kappa shape index (κ1) is 22.0. The third-order valence-electron chi connectivity index (χ3n) is 6.97. The number of hydrogen-bond donors (Lipinski definition) is 1. The van der Waals surface area contributed by atoms with Gasteiger partial charge in [-0.25, -0.2) is 4.39 Å². The molecular weight excluding hydrogens is 477 g/mol. The van der Waals surface area contributed by atoms with E-state index >= 15 is 0 Å². The van der Waals surface area contributed by atoms with Crippen LogP contribution in [0, 0.1) is 12.7 Å². The van der Waals surface area contributed by atoms with Crippen LogP contribution in [0.4, 0.5) is 4.39 Å². The van der Waals surface area contributed by atoms with Gasteiger partial charge in [-0.15, -0.1) is 0 Å². The summed E-state index contributed by atoms with van der Waals surface area (Å²) in [6.45, 7) is 1.93. The van der Waals surface area contributed by atoms with Crippen molar-refractivity contribution in [3.8, 4) is 11.5 Å². The lowest BCUT2D eigenvalue weighted by atomic mass is 9.39. The average molecular weight is 498 g/mol. The second-order valence-electron chi connectivity index (χ2n) is 9.69. The summed E-state index contributed by atoms with van der Waals surface area (Å²) in [6.07, 6.45) is 1.20. The predicted molar refractivity (Wildman–Crippen MR) is 121 cm³/mol. The highest BCUT2D eigenvalue weighted by atomic mass is 35.5. The average Bonchev–Trinajstić information content (AvgIpc) is 3.25. The van der Waals surface area contributed by atoms with Gasteiger partial charge in [0.15, 0.2) is 18.5 Å². The summed E-state index contributed by atoms with van der Waals surface area (Å²) < 4.78 is 30.3. The van der Waals surface area contributed by atoms with Crippen molar-refractivity contribution >= 4 is 23.3 Å². The fraction of sp³-hybridized carbons (Fsp3) is 0.360. The van der Waals surface area contributed by atoms with Gasteiger partial charge in [0, 0.05) is 11.6 Å². The van der Waals surface area contributed by atoms with Gasteiger partial charge in [0.05, 0.1) is 22.4 Å².